The van der Waals surface area contributed by atoms with Gasteiger partial charge in [-0.05, 0) is 6.92 Å². The first-order chi connectivity index (χ1) is 4.63. The van der Waals surface area contributed by atoms with Gasteiger partial charge in [0.2, 0.25) is 0 Å². The first-order valence-corrected chi connectivity index (χ1v) is 4.26. The summed E-state index contributed by atoms with van der Waals surface area (Å²) < 4.78 is 9.90. The molecular weight excluding hydrogens is 247 g/mol. The van der Waals surface area contributed by atoms with Crippen molar-refractivity contribution in [1.82, 2.24) is 0 Å². The van der Waals surface area contributed by atoms with E-state index in [2.05, 4.69) is 27.3 Å². The third-order valence-corrected chi connectivity index (χ3v) is 1.10. The SMILES string of the molecule is CC(=O)OCCOC(C)I. The highest BCUT2D eigenvalue weighted by Gasteiger charge is 1.95. The van der Waals surface area contributed by atoms with Crippen molar-refractivity contribution in [3.63, 3.8) is 0 Å². The Hall–Kier alpha value is 0.160. The van der Waals surface area contributed by atoms with Crippen LogP contribution in [-0.2, 0) is 14.3 Å². The Morgan fingerprint density at radius 1 is 1.60 bits per heavy atom. The Bertz CT molecular complexity index is 103. The Morgan fingerprint density at radius 2 is 2.20 bits per heavy atom. The highest BCUT2D eigenvalue weighted by molar-refractivity contribution is 14.1. The second-order valence-electron chi connectivity index (χ2n) is 1.75. The van der Waals surface area contributed by atoms with Gasteiger partial charge < -0.3 is 9.47 Å². The van der Waals surface area contributed by atoms with Crippen LogP contribution in [0.1, 0.15) is 13.8 Å². The van der Waals surface area contributed by atoms with Gasteiger partial charge in [0.15, 0.2) is 0 Å². The van der Waals surface area contributed by atoms with Gasteiger partial charge in [0.1, 0.15) is 10.7 Å². The zero-order chi connectivity index (χ0) is 7.98. The molecule has 0 aromatic carbocycles. The molecule has 0 rings (SSSR count). The van der Waals surface area contributed by atoms with Crippen LogP contribution in [0, 0.1) is 0 Å². The molecule has 60 valence electrons. The van der Waals surface area contributed by atoms with E-state index < -0.39 is 0 Å². The van der Waals surface area contributed by atoms with E-state index in [0.717, 1.165) is 0 Å². The summed E-state index contributed by atoms with van der Waals surface area (Å²) in [7, 11) is 0. The Kier molecular flexibility index (Phi) is 6.00. The normalized spacial score (nSPS) is 12.7. The van der Waals surface area contributed by atoms with Crippen molar-refractivity contribution < 1.29 is 14.3 Å². The van der Waals surface area contributed by atoms with Crippen LogP contribution in [0.5, 0.6) is 0 Å². The smallest absolute Gasteiger partial charge is 0.302 e. The van der Waals surface area contributed by atoms with Gasteiger partial charge in [0.25, 0.3) is 0 Å². The second kappa shape index (κ2) is 5.91. The molecule has 0 saturated heterocycles. The lowest BCUT2D eigenvalue weighted by atomic mass is 10.7. The summed E-state index contributed by atoms with van der Waals surface area (Å²) in [5, 5.41) is 0. The van der Waals surface area contributed by atoms with Crippen LogP contribution in [0.25, 0.3) is 0 Å². The van der Waals surface area contributed by atoms with E-state index in [1.165, 1.54) is 6.92 Å². The molecule has 0 spiro atoms. The minimum atomic E-state index is -0.260. The molecule has 1 atom stereocenters. The average molecular weight is 258 g/mol. The van der Waals surface area contributed by atoms with Gasteiger partial charge >= 0.3 is 5.97 Å². The molecule has 0 aliphatic rings. The van der Waals surface area contributed by atoms with Gasteiger partial charge in [-0.1, -0.05) is 22.6 Å². The Balaban J connectivity index is 2.98. The number of ether oxygens (including phenoxy) is 2. The van der Waals surface area contributed by atoms with Gasteiger partial charge in [-0.25, -0.2) is 0 Å². The maximum atomic E-state index is 10.2. The summed E-state index contributed by atoms with van der Waals surface area (Å²) in [6, 6.07) is 0. The number of hydrogen-bond acceptors (Lipinski definition) is 3. The van der Waals surface area contributed by atoms with Crippen LogP contribution in [0.4, 0.5) is 0 Å². The number of esters is 1. The molecule has 3 nitrogen and oxygen atoms in total. The zero-order valence-electron chi connectivity index (χ0n) is 6.09. The van der Waals surface area contributed by atoms with Crippen LogP contribution in [0.2, 0.25) is 0 Å². The standard InChI is InChI=1S/C6H11IO3/c1-5(7)9-3-4-10-6(2)8/h5H,3-4H2,1-2H3. The molecule has 0 aliphatic heterocycles. The maximum Gasteiger partial charge on any atom is 0.302 e. The minimum absolute atomic E-state index is 0.174. The zero-order valence-corrected chi connectivity index (χ0v) is 8.25. The van der Waals surface area contributed by atoms with E-state index >= 15 is 0 Å². The summed E-state index contributed by atoms with van der Waals surface area (Å²) in [5.74, 6) is -0.260. The van der Waals surface area contributed by atoms with Crippen LogP contribution in [0.15, 0.2) is 0 Å². The molecule has 0 saturated carbocycles. The Morgan fingerprint density at radius 3 is 2.60 bits per heavy atom. The molecule has 10 heavy (non-hydrogen) atoms. The van der Waals surface area contributed by atoms with E-state index in [-0.39, 0.29) is 10.1 Å². The number of halogens is 1. The molecule has 0 amide bonds. The van der Waals surface area contributed by atoms with Gasteiger partial charge in [0, 0.05) is 6.92 Å². The van der Waals surface area contributed by atoms with Crippen LogP contribution >= 0.6 is 22.6 Å². The molecule has 1 unspecified atom stereocenters. The first kappa shape index (κ1) is 10.2. The average Bonchev–Trinajstić information content (AvgIpc) is 1.79. The van der Waals surface area contributed by atoms with Crippen molar-refractivity contribution in [3.8, 4) is 0 Å². The first-order valence-electron chi connectivity index (χ1n) is 3.02. The maximum absolute atomic E-state index is 10.2. The predicted octanol–water partition coefficient (Wildman–Crippen LogP) is 1.35. The number of hydrogen-bond donors (Lipinski definition) is 0. The van der Waals surface area contributed by atoms with Gasteiger partial charge in [-0.2, -0.15) is 0 Å². The van der Waals surface area contributed by atoms with Crippen molar-refractivity contribution in [2.24, 2.45) is 0 Å². The number of alkyl halides is 1. The molecule has 0 aromatic heterocycles. The molecule has 0 radical (unpaired) electrons. The molecule has 0 aromatic rings. The fourth-order valence-corrected chi connectivity index (χ4v) is 0.650. The molecule has 0 heterocycles. The largest absolute Gasteiger partial charge is 0.463 e. The molecule has 0 fully saturated rings. The van der Waals surface area contributed by atoms with E-state index in [1.54, 1.807) is 0 Å². The highest BCUT2D eigenvalue weighted by Crippen LogP contribution is 1.98. The fourth-order valence-electron chi connectivity index (χ4n) is 0.396. The second-order valence-corrected chi connectivity index (χ2v) is 3.51. The van der Waals surface area contributed by atoms with E-state index in [1.807, 2.05) is 6.92 Å². The van der Waals surface area contributed by atoms with Crippen molar-refractivity contribution in [3.05, 3.63) is 0 Å². The Labute approximate surface area is 74.2 Å². The summed E-state index contributed by atoms with van der Waals surface area (Å²) in [6.07, 6.45) is 0. The monoisotopic (exact) mass is 258 g/mol. The van der Waals surface area contributed by atoms with Crippen LogP contribution < -0.4 is 0 Å². The molecule has 0 N–H and O–H groups in total. The molecule has 0 aliphatic carbocycles. The van der Waals surface area contributed by atoms with Crippen LogP contribution in [0.3, 0.4) is 0 Å². The van der Waals surface area contributed by atoms with E-state index in [9.17, 15) is 4.79 Å². The number of rotatable bonds is 4. The van der Waals surface area contributed by atoms with Gasteiger partial charge in [-0.15, -0.1) is 0 Å². The van der Waals surface area contributed by atoms with Crippen molar-refractivity contribution in [2.45, 2.75) is 18.0 Å². The van der Waals surface area contributed by atoms with Crippen molar-refractivity contribution in [1.29, 1.82) is 0 Å². The summed E-state index contributed by atoms with van der Waals surface area (Å²) >= 11 is 2.14. The summed E-state index contributed by atoms with van der Waals surface area (Å²) in [4.78, 5) is 10.2. The third kappa shape index (κ3) is 8.16. The third-order valence-electron chi connectivity index (χ3n) is 0.736. The van der Waals surface area contributed by atoms with Gasteiger partial charge in [0.05, 0.1) is 6.61 Å². The number of carbonyl (C=O) groups is 1. The molecular formula is C6H11IO3. The fraction of sp³-hybridized carbons (Fsp3) is 0.833. The molecule has 4 heteroatoms. The quantitative estimate of drug-likeness (QED) is 0.330. The lowest BCUT2D eigenvalue weighted by Crippen LogP contribution is -2.09. The number of carbonyl (C=O) groups excluding carboxylic acids is 1. The lowest BCUT2D eigenvalue weighted by Gasteiger charge is -2.04. The van der Waals surface area contributed by atoms with Crippen molar-refractivity contribution >= 4 is 28.6 Å². The van der Waals surface area contributed by atoms with Crippen LogP contribution in [-0.4, -0.2) is 23.3 Å². The van der Waals surface area contributed by atoms with Gasteiger partial charge in [-0.3, -0.25) is 4.79 Å². The topological polar surface area (TPSA) is 35.5 Å². The lowest BCUT2D eigenvalue weighted by molar-refractivity contribution is -0.142. The van der Waals surface area contributed by atoms with Crippen molar-refractivity contribution in [2.75, 3.05) is 13.2 Å². The van der Waals surface area contributed by atoms with E-state index in [0.29, 0.717) is 13.2 Å². The van der Waals surface area contributed by atoms with E-state index in [4.69, 9.17) is 4.74 Å². The summed E-state index contributed by atoms with van der Waals surface area (Å²) in [5.41, 5.74) is 0. The highest BCUT2D eigenvalue weighted by atomic mass is 127. The summed E-state index contributed by atoms with van der Waals surface area (Å²) in [6.45, 7) is 4.13. The molecule has 0 bridgehead atoms. The minimum Gasteiger partial charge on any atom is -0.463 e. The predicted molar refractivity (Wildman–Crippen MR) is 46.1 cm³/mol.